The Balaban J connectivity index is 2.16. The maximum atomic E-state index is 12.6. The number of carbonyl (C=O) groups is 2. The van der Waals surface area contributed by atoms with Gasteiger partial charge in [-0.2, -0.15) is 5.26 Å². The van der Waals surface area contributed by atoms with Crippen molar-refractivity contribution < 1.29 is 14.7 Å². The molecule has 1 aromatic carbocycles. The number of aliphatic carboxylic acids is 1. The molecule has 21 heavy (non-hydrogen) atoms. The molecule has 1 saturated heterocycles. The van der Waals surface area contributed by atoms with E-state index in [1.165, 1.54) is 11.8 Å². The second-order valence-corrected chi connectivity index (χ2v) is 5.89. The van der Waals surface area contributed by atoms with Crippen molar-refractivity contribution in [3.8, 4) is 6.07 Å². The summed E-state index contributed by atoms with van der Waals surface area (Å²) in [7, 11) is 0. The van der Waals surface area contributed by atoms with Gasteiger partial charge in [-0.3, -0.25) is 9.59 Å². The highest BCUT2D eigenvalue weighted by atomic mass is 32.2. The molecule has 0 unspecified atom stereocenters. The van der Waals surface area contributed by atoms with Crippen LogP contribution in [0.4, 0.5) is 0 Å². The summed E-state index contributed by atoms with van der Waals surface area (Å²) in [5, 5.41) is 17.8. The van der Waals surface area contributed by atoms with Gasteiger partial charge in [-0.25, -0.2) is 0 Å². The molecular formula is C15H16N2O3S. The van der Waals surface area contributed by atoms with Crippen molar-refractivity contribution in [2.75, 3.05) is 18.8 Å². The van der Waals surface area contributed by atoms with Gasteiger partial charge in [0.25, 0.3) is 5.91 Å². The highest BCUT2D eigenvalue weighted by Crippen LogP contribution is 2.25. The summed E-state index contributed by atoms with van der Waals surface area (Å²) in [5.41, 5.74) is 0.545. The van der Waals surface area contributed by atoms with E-state index in [0.717, 1.165) is 4.90 Å². The number of amides is 1. The van der Waals surface area contributed by atoms with E-state index in [2.05, 4.69) is 0 Å². The lowest BCUT2D eigenvalue weighted by Crippen LogP contribution is -2.42. The quantitative estimate of drug-likeness (QED) is 0.863. The first-order valence-corrected chi connectivity index (χ1v) is 7.73. The van der Waals surface area contributed by atoms with Crippen LogP contribution in [0.5, 0.6) is 0 Å². The van der Waals surface area contributed by atoms with Crippen LogP contribution < -0.4 is 0 Å². The molecule has 110 valence electrons. The molecule has 1 heterocycles. The number of piperidine rings is 1. The second kappa shape index (κ2) is 7.14. The van der Waals surface area contributed by atoms with Crippen LogP contribution in [0.15, 0.2) is 29.2 Å². The number of nitriles is 1. The Hall–Kier alpha value is -2.00. The third-order valence-corrected chi connectivity index (χ3v) is 4.41. The number of thioether (sulfide) groups is 1. The largest absolute Gasteiger partial charge is 0.481 e. The van der Waals surface area contributed by atoms with Gasteiger partial charge in [-0.1, -0.05) is 12.1 Å². The summed E-state index contributed by atoms with van der Waals surface area (Å²) in [4.78, 5) is 26.0. The SMILES string of the molecule is N#CCSc1ccccc1C(=O)N1CCC[C@@H](C(=O)O)C1. The zero-order valence-corrected chi connectivity index (χ0v) is 12.3. The van der Waals surface area contributed by atoms with Crippen molar-refractivity contribution in [3.05, 3.63) is 29.8 Å². The summed E-state index contributed by atoms with van der Waals surface area (Å²) in [6.45, 7) is 0.839. The smallest absolute Gasteiger partial charge is 0.308 e. The summed E-state index contributed by atoms with van der Waals surface area (Å²) >= 11 is 1.32. The zero-order chi connectivity index (χ0) is 15.2. The highest BCUT2D eigenvalue weighted by Gasteiger charge is 2.29. The third kappa shape index (κ3) is 3.76. The van der Waals surface area contributed by atoms with Crippen molar-refractivity contribution in [1.82, 2.24) is 4.90 Å². The lowest BCUT2D eigenvalue weighted by Gasteiger charge is -2.31. The number of carbonyl (C=O) groups excluding carboxylic acids is 1. The van der Waals surface area contributed by atoms with Crippen LogP contribution in [-0.2, 0) is 4.79 Å². The average molecular weight is 304 g/mol. The van der Waals surface area contributed by atoms with Crippen LogP contribution in [0, 0.1) is 17.2 Å². The van der Waals surface area contributed by atoms with Crippen LogP contribution in [0.2, 0.25) is 0 Å². The van der Waals surface area contributed by atoms with Crippen LogP contribution in [0.3, 0.4) is 0 Å². The van der Waals surface area contributed by atoms with Crippen molar-refractivity contribution in [3.63, 3.8) is 0 Å². The fourth-order valence-electron chi connectivity index (χ4n) is 2.41. The number of rotatable bonds is 4. The van der Waals surface area contributed by atoms with E-state index in [4.69, 9.17) is 10.4 Å². The Morgan fingerprint density at radius 2 is 2.19 bits per heavy atom. The van der Waals surface area contributed by atoms with E-state index in [0.29, 0.717) is 24.9 Å². The van der Waals surface area contributed by atoms with Gasteiger partial charge in [0.05, 0.1) is 23.3 Å². The van der Waals surface area contributed by atoms with E-state index < -0.39 is 11.9 Å². The van der Waals surface area contributed by atoms with Crippen LogP contribution in [0.1, 0.15) is 23.2 Å². The molecule has 1 N–H and O–H groups in total. The van der Waals surface area contributed by atoms with Crippen LogP contribution in [-0.4, -0.2) is 40.7 Å². The van der Waals surface area contributed by atoms with Crippen molar-refractivity contribution >= 4 is 23.6 Å². The molecule has 1 aromatic rings. The van der Waals surface area contributed by atoms with E-state index in [1.54, 1.807) is 17.0 Å². The van der Waals surface area contributed by atoms with Gasteiger partial charge in [0.1, 0.15) is 0 Å². The predicted octanol–water partition coefficient (Wildman–Crippen LogP) is 2.24. The molecule has 0 aromatic heterocycles. The van der Waals surface area contributed by atoms with Gasteiger partial charge in [-0.05, 0) is 25.0 Å². The summed E-state index contributed by atoms with van der Waals surface area (Å²) in [6.07, 6.45) is 1.32. The summed E-state index contributed by atoms with van der Waals surface area (Å²) in [6, 6.07) is 9.19. The minimum absolute atomic E-state index is 0.151. The van der Waals surface area contributed by atoms with Gasteiger partial charge in [0, 0.05) is 18.0 Å². The fourth-order valence-corrected chi connectivity index (χ4v) is 3.12. The van der Waals surface area contributed by atoms with Gasteiger partial charge in [0.2, 0.25) is 0 Å². The molecule has 1 aliphatic heterocycles. The molecule has 1 aliphatic rings. The Kier molecular flexibility index (Phi) is 5.23. The number of hydrogen-bond acceptors (Lipinski definition) is 4. The zero-order valence-electron chi connectivity index (χ0n) is 11.5. The number of nitrogens with zero attached hydrogens (tertiary/aromatic N) is 2. The number of likely N-dealkylation sites (tertiary alicyclic amines) is 1. The van der Waals surface area contributed by atoms with Crippen molar-refractivity contribution in [2.24, 2.45) is 5.92 Å². The third-order valence-electron chi connectivity index (χ3n) is 3.47. The first-order chi connectivity index (χ1) is 10.1. The van der Waals surface area contributed by atoms with Crippen molar-refractivity contribution in [1.29, 1.82) is 5.26 Å². The van der Waals surface area contributed by atoms with Crippen LogP contribution >= 0.6 is 11.8 Å². The topological polar surface area (TPSA) is 81.4 Å². The average Bonchev–Trinajstić information content (AvgIpc) is 2.52. The van der Waals surface area contributed by atoms with Crippen LogP contribution in [0.25, 0.3) is 0 Å². The lowest BCUT2D eigenvalue weighted by molar-refractivity contribution is -0.143. The van der Waals surface area contributed by atoms with Crippen molar-refractivity contribution in [2.45, 2.75) is 17.7 Å². The summed E-state index contributed by atoms with van der Waals surface area (Å²) in [5.74, 6) is -1.20. The molecule has 1 atom stereocenters. The van der Waals surface area contributed by atoms with E-state index in [-0.39, 0.29) is 18.2 Å². The number of carboxylic acids is 1. The van der Waals surface area contributed by atoms with E-state index in [1.807, 2.05) is 18.2 Å². The molecule has 0 radical (unpaired) electrons. The monoisotopic (exact) mass is 304 g/mol. The standard InChI is InChI=1S/C15H16N2O3S/c16-7-9-21-13-6-2-1-5-12(13)14(18)17-8-3-4-11(10-17)15(19)20/h1-2,5-6,11H,3-4,8-10H2,(H,19,20)/t11-/m1/s1. The van der Waals surface area contributed by atoms with Gasteiger partial charge >= 0.3 is 5.97 Å². The molecule has 0 aliphatic carbocycles. The second-order valence-electron chi connectivity index (χ2n) is 4.87. The molecule has 1 amide bonds. The molecule has 0 spiro atoms. The number of hydrogen-bond donors (Lipinski definition) is 1. The maximum absolute atomic E-state index is 12.6. The first-order valence-electron chi connectivity index (χ1n) is 6.74. The van der Waals surface area contributed by atoms with E-state index in [9.17, 15) is 9.59 Å². The fraction of sp³-hybridized carbons (Fsp3) is 0.400. The Morgan fingerprint density at radius 1 is 1.43 bits per heavy atom. The normalized spacial score (nSPS) is 18.0. The highest BCUT2D eigenvalue weighted by molar-refractivity contribution is 7.99. The van der Waals surface area contributed by atoms with Gasteiger partial charge in [-0.15, -0.1) is 11.8 Å². The Morgan fingerprint density at radius 3 is 2.90 bits per heavy atom. The number of benzene rings is 1. The Labute approximate surface area is 127 Å². The number of carboxylic acid groups (broad SMARTS) is 1. The molecule has 0 saturated carbocycles. The van der Waals surface area contributed by atoms with Gasteiger partial charge in [0.15, 0.2) is 0 Å². The van der Waals surface area contributed by atoms with E-state index >= 15 is 0 Å². The summed E-state index contributed by atoms with van der Waals surface area (Å²) < 4.78 is 0. The minimum atomic E-state index is -0.848. The predicted molar refractivity (Wildman–Crippen MR) is 79.0 cm³/mol. The minimum Gasteiger partial charge on any atom is -0.481 e. The molecule has 2 rings (SSSR count). The first kappa shape index (κ1) is 15.4. The molecular weight excluding hydrogens is 288 g/mol. The molecule has 5 nitrogen and oxygen atoms in total. The molecule has 1 fully saturated rings. The lowest BCUT2D eigenvalue weighted by atomic mass is 9.97. The van der Waals surface area contributed by atoms with Gasteiger partial charge < -0.3 is 10.0 Å². The maximum Gasteiger partial charge on any atom is 0.308 e. The molecule has 6 heteroatoms. The molecule has 0 bridgehead atoms. The Bertz CT molecular complexity index is 583.